The number of urea groups is 1. The second-order valence-electron chi connectivity index (χ2n) is 6.01. The highest BCUT2D eigenvalue weighted by atomic mass is 16.5. The largest absolute Gasteiger partial charge is 0.493 e. The molecule has 3 N–H and O–H groups in total. The first kappa shape index (κ1) is 14.7. The van der Waals surface area contributed by atoms with E-state index < -0.39 is 0 Å². The number of hydrogen-bond acceptors (Lipinski definition) is 3. The fourth-order valence-electron chi connectivity index (χ4n) is 3.04. The number of nitrogens with two attached hydrogens (primary N) is 1. The molecule has 6 nitrogen and oxygen atoms in total. The summed E-state index contributed by atoms with van der Waals surface area (Å²) >= 11 is 0. The predicted molar refractivity (Wildman–Crippen MR) is 81.4 cm³/mol. The Balaban J connectivity index is 1.47. The number of nitrogens with zero attached hydrogens (tertiary/aromatic N) is 1. The fourth-order valence-corrected chi connectivity index (χ4v) is 3.04. The average molecular weight is 303 g/mol. The van der Waals surface area contributed by atoms with Crippen molar-refractivity contribution in [2.45, 2.75) is 12.8 Å². The number of rotatable bonds is 3. The molecule has 1 aromatic carbocycles. The number of ether oxygens (including phenoxy) is 1. The number of benzene rings is 1. The Kier molecular flexibility index (Phi) is 4.18. The molecular weight excluding hydrogens is 282 g/mol. The van der Waals surface area contributed by atoms with Crippen molar-refractivity contribution in [1.82, 2.24) is 10.2 Å². The number of para-hydroxylation sites is 1. The molecule has 0 radical (unpaired) electrons. The summed E-state index contributed by atoms with van der Waals surface area (Å²) in [7, 11) is 0. The van der Waals surface area contributed by atoms with Gasteiger partial charge >= 0.3 is 6.03 Å². The number of carbonyl (C=O) groups is 2. The molecule has 0 spiro atoms. The van der Waals surface area contributed by atoms with Gasteiger partial charge in [0.1, 0.15) is 5.75 Å². The SMILES string of the molecule is NC(=O)[C@@H]1CCN(C(=O)NC[C@@H]2COc3ccccc3C2)C1. The van der Waals surface area contributed by atoms with Crippen LogP contribution in [0.4, 0.5) is 4.79 Å². The van der Waals surface area contributed by atoms with E-state index >= 15 is 0 Å². The molecule has 118 valence electrons. The number of primary amides is 1. The lowest BCUT2D eigenvalue weighted by molar-refractivity contribution is -0.121. The summed E-state index contributed by atoms with van der Waals surface area (Å²) in [4.78, 5) is 24.9. The second kappa shape index (κ2) is 6.25. The van der Waals surface area contributed by atoms with Crippen molar-refractivity contribution in [3.8, 4) is 5.75 Å². The molecule has 0 aliphatic carbocycles. The molecule has 6 heteroatoms. The van der Waals surface area contributed by atoms with Crippen molar-refractivity contribution in [2.24, 2.45) is 17.6 Å². The van der Waals surface area contributed by atoms with Crippen molar-refractivity contribution in [1.29, 1.82) is 0 Å². The molecule has 2 aliphatic heterocycles. The average Bonchev–Trinajstić information content (AvgIpc) is 3.03. The Bertz CT molecular complexity index is 576. The van der Waals surface area contributed by atoms with Gasteiger partial charge in [-0.25, -0.2) is 4.79 Å². The first-order valence-corrected chi connectivity index (χ1v) is 7.66. The van der Waals surface area contributed by atoms with Gasteiger partial charge in [-0.1, -0.05) is 18.2 Å². The third-order valence-electron chi connectivity index (χ3n) is 4.38. The molecule has 1 fully saturated rings. The Hall–Kier alpha value is -2.24. The highest BCUT2D eigenvalue weighted by Crippen LogP contribution is 2.26. The molecule has 0 saturated carbocycles. The summed E-state index contributed by atoms with van der Waals surface area (Å²) in [6.45, 7) is 2.20. The van der Waals surface area contributed by atoms with Gasteiger partial charge in [-0.05, 0) is 24.5 Å². The van der Waals surface area contributed by atoms with E-state index in [4.69, 9.17) is 10.5 Å². The summed E-state index contributed by atoms with van der Waals surface area (Å²) in [5.74, 6) is 0.672. The molecule has 1 saturated heterocycles. The number of carbonyl (C=O) groups excluding carboxylic acids is 2. The zero-order valence-electron chi connectivity index (χ0n) is 12.5. The quantitative estimate of drug-likeness (QED) is 0.864. The maximum Gasteiger partial charge on any atom is 0.317 e. The maximum atomic E-state index is 12.1. The molecule has 0 unspecified atom stereocenters. The minimum atomic E-state index is -0.326. The molecule has 1 aromatic rings. The van der Waals surface area contributed by atoms with Crippen LogP contribution >= 0.6 is 0 Å². The van der Waals surface area contributed by atoms with Crippen molar-refractivity contribution in [2.75, 3.05) is 26.2 Å². The molecule has 3 rings (SSSR count). The van der Waals surface area contributed by atoms with E-state index in [1.165, 1.54) is 5.56 Å². The monoisotopic (exact) mass is 303 g/mol. The van der Waals surface area contributed by atoms with Gasteiger partial charge in [0.2, 0.25) is 5.91 Å². The first-order chi connectivity index (χ1) is 10.6. The standard InChI is InChI=1S/C16H21N3O3/c17-15(20)13-5-6-19(9-13)16(21)18-8-11-7-12-3-1-2-4-14(12)22-10-11/h1-4,11,13H,5-10H2,(H2,17,20)(H,18,21)/t11-,13-/m1/s1. The third kappa shape index (κ3) is 3.16. The normalized spacial score (nSPS) is 23.5. The van der Waals surface area contributed by atoms with Crippen LogP contribution < -0.4 is 15.8 Å². The van der Waals surface area contributed by atoms with Crippen LogP contribution in [0, 0.1) is 11.8 Å². The Labute approximate surface area is 129 Å². The summed E-state index contributed by atoms with van der Waals surface area (Å²) in [6, 6.07) is 7.86. The van der Waals surface area contributed by atoms with Crippen molar-refractivity contribution in [3.63, 3.8) is 0 Å². The van der Waals surface area contributed by atoms with E-state index in [-0.39, 0.29) is 23.8 Å². The van der Waals surface area contributed by atoms with Crippen LogP contribution in [0.2, 0.25) is 0 Å². The van der Waals surface area contributed by atoms with Crippen LogP contribution in [-0.2, 0) is 11.2 Å². The minimum absolute atomic E-state index is 0.123. The maximum absolute atomic E-state index is 12.1. The summed E-state index contributed by atoms with van der Waals surface area (Å²) in [6.07, 6.45) is 1.56. The highest BCUT2D eigenvalue weighted by Gasteiger charge is 2.30. The van der Waals surface area contributed by atoms with Gasteiger partial charge in [0.15, 0.2) is 0 Å². The molecule has 3 amide bonds. The van der Waals surface area contributed by atoms with Crippen LogP contribution in [0.25, 0.3) is 0 Å². The zero-order valence-corrected chi connectivity index (χ0v) is 12.5. The van der Waals surface area contributed by atoms with Crippen LogP contribution in [0.1, 0.15) is 12.0 Å². The third-order valence-corrected chi connectivity index (χ3v) is 4.38. The van der Waals surface area contributed by atoms with Gasteiger partial charge in [0, 0.05) is 25.6 Å². The Morgan fingerprint density at radius 3 is 2.95 bits per heavy atom. The summed E-state index contributed by atoms with van der Waals surface area (Å²) in [5, 5.41) is 2.94. The molecule has 0 bridgehead atoms. The minimum Gasteiger partial charge on any atom is -0.493 e. The molecule has 2 heterocycles. The lowest BCUT2D eigenvalue weighted by Gasteiger charge is -2.26. The van der Waals surface area contributed by atoms with Crippen LogP contribution in [0.3, 0.4) is 0 Å². The van der Waals surface area contributed by atoms with Gasteiger partial charge in [-0.15, -0.1) is 0 Å². The number of amides is 3. The van der Waals surface area contributed by atoms with E-state index in [9.17, 15) is 9.59 Å². The molecular formula is C16H21N3O3. The van der Waals surface area contributed by atoms with E-state index in [1.807, 2.05) is 18.2 Å². The van der Waals surface area contributed by atoms with Gasteiger partial charge in [-0.2, -0.15) is 0 Å². The van der Waals surface area contributed by atoms with E-state index in [0.717, 1.165) is 12.2 Å². The number of nitrogens with one attached hydrogen (secondary N) is 1. The molecule has 2 aliphatic rings. The second-order valence-corrected chi connectivity index (χ2v) is 6.01. The topological polar surface area (TPSA) is 84.7 Å². The van der Waals surface area contributed by atoms with E-state index in [0.29, 0.717) is 32.7 Å². The van der Waals surface area contributed by atoms with Gasteiger partial charge in [0.25, 0.3) is 0 Å². The Morgan fingerprint density at radius 1 is 1.36 bits per heavy atom. The highest BCUT2D eigenvalue weighted by molar-refractivity contribution is 5.80. The number of likely N-dealkylation sites (tertiary alicyclic amines) is 1. The van der Waals surface area contributed by atoms with Crippen LogP contribution in [0.5, 0.6) is 5.75 Å². The van der Waals surface area contributed by atoms with Crippen molar-refractivity contribution >= 4 is 11.9 Å². The van der Waals surface area contributed by atoms with E-state index in [1.54, 1.807) is 4.90 Å². The van der Waals surface area contributed by atoms with Crippen LogP contribution in [-0.4, -0.2) is 43.1 Å². The smallest absolute Gasteiger partial charge is 0.317 e. The number of hydrogen-bond donors (Lipinski definition) is 2. The molecule has 2 atom stereocenters. The van der Waals surface area contributed by atoms with Crippen molar-refractivity contribution < 1.29 is 14.3 Å². The van der Waals surface area contributed by atoms with Crippen molar-refractivity contribution in [3.05, 3.63) is 29.8 Å². The predicted octanol–water partition coefficient (Wildman–Crippen LogP) is 0.754. The van der Waals surface area contributed by atoms with Gasteiger partial charge in [-0.3, -0.25) is 4.79 Å². The summed E-state index contributed by atoms with van der Waals surface area (Å²) in [5.41, 5.74) is 6.47. The zero-order chi connectivity index (χ0) is 15.5. The summed E-state index contributed by atoms with van der Waals surface area (Å²) < 4.78 is 5.72. The van der Waals surface area contributed by atoms with Gasteiger partial charge < -0.3 is 20.7 Å². The lowest BCUT2D eigenvalue weighted by atomic mass is 9.97. The molecule has 0 aromatic heterocycles. The molecule has 22 heavy (non-hydrogen) atoms. The lowest BCUT2D eigenvalue weighted by Crippen LogP contribution is -2.43. The first-order valence-electron chi connectivity index (χ1n) is 7.66. The van der Waals surface area contributed by atoms with Gasteiger partial charge in [0.05, 0.1) is 12.5 Å². The number of fused-ring (bicyclic) bond motifs is 1. The Morgan fingerprint density at radius 2 is 2.18 bits per heavy atom. The van der Waals surface area contributed by atoms with Crippen LogP contribution in [0.15, 0.2) is 24.3 Å². The van der Waals surface area contributed by atoms with E-state index in [2.05, 4.69) is 11.4 Å². The fraction of sp³-hybridized carbons (Fsp3) is 0.500.